The van der Waals surface area contributed by atoms with Gasteiger partial charge in [-0.1, -0.05) is 115 Å². The Morgan fingerprint density at radius 3 is 2.06 bits per heavy atom. The molecular weight excluding hydrogens is 438 g/mol. The Balaban J connectivity index is 1.86. The van der Waals surface area contributed by atoms with Crippen LogP contribution in [-0.2, 0) is 4.74 Å². The molecule has 5 heteroatoms. The summed E-state index contributed by atoms with van der Waals surface area (Å²) >= 11 is 0. The fraction of sp³-hybridized carbons (Fsp3) is 0.621. The van der Waals surface area contributed by atoms with Gasteiger partial charge in [-0.15, -0.1) is 0 Å². The molecule has 2 aromatic rings. The molecule has 1 N–H and O–H groups in total. The van der Waals surface area contributed by atoms with Crippen LogP contribution in [0.1, 0.15) is 108 Å². The molecule has 0 bridgehead atoms. The summed E-state index contributed by atoms with van der Waals surface area (Å²) in [6, 6.07) is 12.0. The molecule has 0 aliphatic heterocycles. The van der Waals surface area contributed by atoms with Gasteiger partial charge in [0, 0.05) is 5.56 Å². The van der Waals surface area contributed by atoms with Crippen molar-refractivity contribution in [3.05, 3.63) is 53.8 Å². The minimum absolute atomic E-state index is 0.103. The van der Waals surface area contributed by atoms with Crippen LogP contribution in [0.5, 0.6) is 0 Å². The van der Waals surface area contributed by atoms with Crippen molar-refractivity contribution in [1.82, 2.24) is 5.32 Å². The van der Waals surface area contributed by atoms with Crippen molar-refractivity contribution in [3.8, 4) is 0 Å². The lowest BCUT2D eigenvalue weighted by molar-refractivity contribution is 0.0880. The Labute approximate surface area is 208 Å². The van der Waals surface area contributed by atoms with E-state index < -0.39 is 8.07 Å². The van der Waals surface area contributed by atoms with Crippen LogP contribution in [-0.4, -0.2) is 14.2 Å². The monoisotopic (exact) mass is 485 g/mol. The number of benzene rings is 1. The predicted molar refractivity (Wildman–Crippen MR) is 145 cm³/mol. The summed E-state index contributed by atoms with van der Waals surface area (Å²) in [6.07, 6.45) is 14.9. The number of amides is 1. The number of alkyl carbamates (subject to hydrolysis) is 1. The summed E-state index contributed by atoms with van der Waals surface area (Å²) in [5, 5.41) is 4.04. The highest BCUT2D eigenvalue weighted by Crippen LogP contribution is 2.26. The van der Waals surface area contributed by atoms with Gasteiger partial charge in [-0.25, -0.2) is 4.79 Å². The normalized spacial score (nSPS) is 13.4. The maximum atomic E-state index is 12.7. The van der Waals surface area contributed by atoms with E-state index in [2.05, 4.69) is 37.9 Å². The van der Waals surface area contributed by atoms with Crippen LogP contribution in [0, 0.1) is 0 Å². The average Bonchev–Trinajstić information content (AvgIpc) is 3.31. The van der Waals surface area contributed by atoms with Gasteiger partial charge in [0.15, 0.2) is 0 Å². The first-order valence-electron chi connectivity index (χ1n) is 13.4. The van der Waals surface area contributed by atoms with Crippen molar-refractivity contribution in [2.45, 2.75) is 116 Å². The zero-order chi connectivity index (χ0) is 24.8. The number of unbranched alkanes of at least 4 members (excludes halogenated alkanes) is 9. The summed E-state index contributed by atoms with van der Waals surface area (Å²) in [5.41, 5.74) is 2.05. The second-order valence-corrected chi connectivity index (χ2v) is 15.6. The minimum atomic E-state index is -1.56. The molecule has 0 saturated heterocycles. The largest absolute Gasteiger partial charge is 0.474 e. The Morgan fingerprint density at radius 1 is 0.912 bits per heavy atom. The molecule has 2 atom stereocenters. The summed E-state index contributed by atoms with van der Waals surface area (Å²) < 4.78 is 11.8. The molecule has 1 aromatic carbocycles. The van der Waals surface area contributed by atoms with Gasteiger partial charge in [0.1, 0.15) is 14.2 Å². The van der Waals surface area contributed by atoms with Gasteiger partial charge in [0.2, 0.25) is 0 Å². The minimum Gasteiger partial charge on any atom is -0.474 e. The first-order valence-corrected chi connectivity index (χ1v) is 16.9. The van der Waals surface area contributed by atoms with E-state index in [4.69, 9.17) is 9.15 Å². The molecule has 0 fully saturated rings. The lowest BCUT2D eigenvalue weighted by atomic mass is 10.0. The van der Waals surface area contributed by atoms with Crippen LogP contribution in [0.4, 0.5) is 4.79 Å². The van der Waals surface area contributed by atoms with Gasteiger partial charge in [-0.3, -0.25) is 0 Å². The SMILES string of the molecule is CCCCCCCCCCCCC(OC(=O)N[C@H](C)c1ccccc1)c1coc([Si](C)(C)C)c1. The molecule has 2 rings (SSSR count). The first kappa shape index (κ1) is 28.2. The van der Waals surface area contributed by atoms with Crippen molar-refractivity contribution in [2.24, 2.45) is 0 Å². The van der Waals surface area contributed by atoms with Gasteiger partial charge < -0.3 is 14.5 Å². The molecule has 1 amide bonds. The number of nitrogens with one attached hydrogen (secondary N) is 1. The molecule has 1 unspecified atom stereocenters. The lowest BCUT2D eigenvalue weighted by Gasteiger charge is -2.20. The van der Waals surface area contributed by atoms with E-state index in [0.29, 0.717) is 0 Å². The number of carbonyl (C=O) groups is 1. The van der Waals surface area contributed by atoms with E-state index in [-0.39, 0.29) is 18.2 Å². The van der Waals surface area contributed by atoms with Gasteiger partial charge >= 0.3 is 6.09 Å². The van der Waals surface area contributed by atoms with Crippen LogP contribution < -0.4 is 10.7 Å². The molecule has 1 heterocycles. The molecule has 0 aliphatic carbocycles. The average molecular weight is 486 g/mol. The molecule has 0 spiro atoms. The standard InChI is InChI=1S/C29H47NO3Si/c1-6-7-8-9-10-11-12-13-14-18-21-27(26-22-28(32-23-26)34(3,4)5)33-29(31)30-24(2)25-19-16-15-17-20-25/h15-17,19-20,22-24,27H,6-14,18,21H2,1-5H3,(H,30,31)/t24-,27?/m1/s1. The molecule has 0 radical (unpaired) electrons. The highest BCUT2D eigenvalue weighted by Gasteiger charge is 2.25. The van der Waals surface area contributed by atoms with E-state index >= 15 is 0 Å². The van der Waals surface area contributed by atoms with E-state index in [1.54, 1.807) is 6.26 Å². The molecule has 34 heavy (non-hydrogen) atoms. The van der Waals surface area contributed by atoms with E-state index in [9.17, 15) is 4.79 Å². The summed E-state index contributed by atoms with van der Waals surface area (Å²) in [6.45, 7) is 11.0. The third-order valence-electron chi connectivity index (χ3n) is 6.43. The molecule has 0 saturated carbocycles. The topological polar surface area (TPSA) is 51.5 Å². The van der Waals surface area contributed by atoms with Gasteiger partial charge in [-0.2, -0.15) is 0 Å². The van der Waals surface area contributed by atoms with Crippen LogP contribution in [0.2, 0.25) is 19.6 Å². The van der Waals surface area contributed by atoms with E-state index in [1.807, 2.05) is 37.3 Å². The molecular formula is C29H47NO3Si. The lowest BCUT2D eigenvalue weighted by Crippen LogP contribution is -2.36. The number of ether oxygens (including phenoxy) is 1. The Kier molecular flexibility index (Phi) is 12.5. The molecule has 4 nitrogen and oxygen atoms in total. The Morgan fingerprint density at radius 2 is 1.50 bits per heavy atom. The first-order chi connectivity index (χ1) is 16.3. The van der Waals surface area contributed by atoms with E-state index in [1.165, 1.54) is 57.8 Å². The maximum absolute atomic E-state index is 12.7. The number of hydrogen-bond donors (Lipinski definition) is 1. The van der Waals surface area contributed by atoms with Crippen LogP contribution in [0.15, 0.2) is 47.1 Å². The smallest absolute Gasteiger partial charge is 0.408 e. The van der Waals surface area contributed by atoms with Gasteiger partial charge in [-0.05, 0) is 31.4 Å². The van der Waals surface area contributed by atoms with Crippen LogP contribution in [0.25, 0.3) is 0 Å². The fourth-order valence-corrected chi connectivity index (χ4v) is 5.20. The van der Waals surface area contributed by atoms with Crippen LogP contribution in [0.3, 0.4) is 0 Å². The molecule has 1 aromatic heterocycles. The van der Waals surface area contributed by atoms with Crippen molar-refractivity contribution in [2.75, 3.05) is 0 Å². The predicted octanol–water partition coefficient (Wildman–Crippen LogP) is 8.66. The highest BCUT2D eigenvalue weighted by atomic mass is 28.3. The summed E-state index contributed by atoms with van der Waals surface area (Å²) in [7, 11) is -1.56. The van der Waals surface area contributed by atoms with E-state index in [0.717, 1.165) is 29.4 Å². The Bertz CT molecular complexity index is 812. The number of rotatable bonds is 16. The maximum Gasteiger partial charge on any atom is 0.408 e. The fourth-order valence-electron chi connectivity index (χ4n) is 4.19. The third kappa shape index (κ3) is 10.5. The third-order valence-corrected chi connectivity index (χ3v) is 8.17. The zero-order valence-electron chi connectivity index (χ0n) is 22.2. The summed E-state index contributed by atoms with van der Waals surface area (Å²) in [5.74, 6) is 0. The van der Waals surface area contributed by atoms with Gasteiger partial charge in [0.05, 0.1) is 17.7 Å². The van der Waals surface area contributed by atoms with Crippen molar-refractivity contribution in [3.63, 3.8) is 0 Å². The van der Waals surface area contributed by atoms with Crippen molar-refractivity contribution < 1.29 is 13.9 Å². The number of furan rings is 1. The Hall–Kier alpha value is -2.01. The molecule has 190 valence electrons. The molecule has 0 aliphatic rings. The highest BCUT2D eigenvalue weighted by molar-refractivity contribution is 6.87. The van der Waals surface area contributed by atoms with Crippen LogP contribution >= 0.6 is 0 Å². The van der Waals surface area contributed by atoms with Gasteiger partial charge in [0.25, 0.3) is 0 Å². The quantitative estimate of drug-likeness (QED) is 0.191. The number of carbonyl (C=O) groups excluding carboxylic acids is 1. The van der Waals surface area contributed by atoms with Crippen molar-refractivity contribution in [1.29, 1.82) is 0 Å². The second kappa shape index (κ2) is 15.1. The second-order valence-electron chi connectivity index (χ2n) is 10.6. The summed E-state index contributed by atoms with van der Waals surface area (Å²) in [4.78, 5) is 12.7. The zero-order valence-corrected chi connectivity index (χ0v) is 23.2. The van der Waals surface area contributed by atoms with Crippen molar-refractivity contribution >= 4 is 19.6 Å². The number of hydrogen-bond acceptors (Lipinski definition) is 3.